The van der Waals surface area contributed by atoms with Crippen LogP contribution in [0.3, 0.4) is 0 Å². The van der Waals surface area contributed by atoms with E-state index < -0.39 is 5.54 Å². The molecule has 0 atom stereocenters. The van der Waals surface area contributed by atoms with Crippen molar-refractivity contribution in [3.8, 4) is 0 Å². The molecule has 7 nitrogen and oxygen atoms in total. The number of nitrogens with zero attached hydrogens (tertiary/aromatic N) is 4. The normalized spacial score (nSPS) is 16.1. The molecule has 152 valence electrons. The molecular formula is C21H24BrN5O2. The topological polar surface area (TPSA) is 81.4 Å². The number of fused-ring (bicyclic) bond motifs is 1. The minimum Gasteiger partial charge on any atom is -0.381 e. The summed E-state index contributed by atoms with van der Waals surface area (Å²) < 4.78 is 8.30. The Kier molecular flexibility index (Phi) is 5.65. The lowest BCUT2D eigenvalue weighted by Gasteiger charge is -2.38. The smallest absolute Gasteiger partial charge is 0.252 e. The van der Waals surface area contributed by atoms with Crippen LogP contribution in [0, 0.1) is 13.8 Å². The third-order valence-electron chi connectivity index (χ3n) is 5.69. The number of rotatable bonds is 5. The molecule has 1 aliphatic rings. The molecule has 1 amide bonds. The van der Waals surface area contributed by atoms with Gasteiger partial charge in [0.1, 0.15) is 6.33 Å². The Morgan fingerprint density at radius 2 is 2.10 bits per heavy atom. The lowest BCUT2D eigenvalue weighted by Crippen LogP contribution is -2.49. The molecule has 1 fully saturated rings. The van der Waals surface area contributed by atoms with Crippen LogP contribution in [-0.2, 0) is 21.5 Å². The van der Waals surface area contributed by atoms with E-state index in [2.05, 4.69) is 48.4 Å². The molecule has 0 saturated carbocycles. The third kappa shape index (κ3) is 4.04. The zero-order chi connectivity index (χ0) is 20.4. The van der Waals surface area contributed by atoms with Gasteiger partial charge < -0.3 is 10.1 Å². The Morgan fingerprint density at radius 1 is 1.31 bits per heavy atom. The van der Waals surface area contributed by atoms with Crippen molar-refractivity contribution in [2.45, 2.75) is 45.1 Å². The number of benzene rings is 1. The molecule has 1 aliphatic heterocycles. The number of aryl methyl sites for hydroxylation is 2. The highest BCUT2D eigenvalue weighted by Crippen LogP contribution is 2.33. The minimum atomic E-state index is -0.392. The summed E-state index contributed by atoms with van der Waals surface area (Å²) in [5, 5.41) is 7.55. The molecular weight excluding hydrogens is 434 g/mol. The van der Waals surface area contributed by atoms with Gasteiger partial charge in [-0.2, -0.15) is 10.1 Å². The van der Waals surface area contributed by atoms with Crippen LogP contribution in [0.5, 0.6) is 0 Å². The maximum absolute atomic E-state index is 13.0. The van der Waals surface area contributed by atoms with Gasteiger partial charge in [-0.25, -0.2) is 9.50 Å². The number of carbonyl (C=O) groups is 1. The molecule has 4 rings (SSSR count). The molecule has 1 saturated heterocycles. The average molecular weight is 458 g/mol. The lowest BCUT2D eigenvalue weighted by atomic mass is 9.82. The Morgan fingerprint density at radius 3 is 2.86 bits per heavy atom. The summed E-state index contributed by atoms with van der Waals surface area (Å²) in [4.78, 5) is 21.6. The highest BCUT2D eigenvalue weighted by Gasteiger charge is 2.36. The van der Waals surface area contributed by atoms with Crippen LogP contribution in [-0.4, -0.2) is 38.7 Å². The van der Waals surface area contributed by atoms with E-state index in [1.807, 2.05) is 26.0 Å². The predicted octanol–water partition coefficient (Wildman–Crippen LogP) is 3.26. The van der Waals surface area contributed by atoms with Crippen molar-refractivity contribution >= 4 is 27.6 Å². The van der Waals surface area contributed by atoms with E-state index in [0.29, 0.717) is 31.8 Å². The first-order valence-corrected chi connectivity index (χ1v) is 10.6. The van der Waals surface area contributed by atoms with Crippen molar-refractivity contribution < 1.29 is 9.53 Å². The highest BCUT2D eigenvalue weighted by molar-refractivity contribution is 9.10. The predicted molar refractivity (Wildman–Crippen MR) is 113 cm³/mol. The minimum absolute atomic E-state index is 0.0318. The molecule has 0 unspecified atom stereocenters. The molecule has 3 heterocycles. The molecule has 0 spiro atoms. The quantitative estimate of drug-likeness (QED) is 0.635. The number of halogens is 1. The number of nitrogens with one attached hydrogen (secondary N) is 1. The van der Waals surface area contributed by atoms with Crippen LogP contribution in [0.4, 0.5) is 0 Å². The van der Waals surface area contributed by atoms with E-state index >= 15 is 0 Å². The van der Waals surface area contributed by atoms with Gasteiger partial charge in [-0.1, -0.05) is 28.1 Å². The van der Waals surface area contributed by atoms with E-state index in [0.717, 1.165) is 39.8 Å². The number of aromatic nitrogens is 4. The van der Waals surface area contributed by atoms with Crippen molar-refractivity contribution in [2.75, 3.05) is 13.2 Å². The first-order valence-electron chi connectivity index (χ1n) is 9.79. The number of ether oxygens (including phenoxy) is 1. The third-order valence-corrected chi connectivity index (χ3v) is 6.19. The van der Waals surface area contributed by atoms with Gasteiger partial charge in [0, 0.05) is 35.5 Å². The maximum atomic E-state index is 13.0. The molecule has 0 aliphatic carbocycles. The van der Waals surface area contributed by atoms with Crippen LogP contribution >= 0.6 is 15.9 Å². The summed E-state index contributed by atoms with van der Waals surface area (Å²) in [7, 11) is 0. The average Bonchev–Trinajstić information content (AvgIpc) is 3.17. The monoisotopic (exact) mass is 457 g/mol. The van der Waals surface area contributed by atoms with Crippen LogP contribution in [0.1, 0.15) is 41.8 Å². The summed E-state index contributed by atoms with van der Waals surface area (Å²) in [6, 6.07) is 8.17. The van der Waals surface area contributed by atoms with Gasteiger partial charge in [0.2, 0.25) is 5.91 Å². The van der Waals surface area contributed by atoms with Crippen molar-refractivity contribution in [1.82, 2.24) is 24.9 Å². The number of hydrogen-bond acceptors (Lipinski definition) is 5. The second-order valence-electron chi connectivity index (χ2n) is 7.49. The maximum Gasteiger partial charge on any atom is 0.252 e. The zero-order valence-electron chi connectivity index (χ0n) is 16.6. The molecule has 0 bridgehead atoms. The van der Waals surface area contributed by atoms with Crippen molar-refractivity contribution in [2.24, 2.45) is 0 Å². The van der Waals surface area contributed by atoms with Crippen molar-refractivity contribution in [3.63, 3.8) is 0 Å². The molecule has 29 heavy (non-hydrogen) atoms. The van der Waals surface area contributed by atoms with Gasteiger partial charge in [-0.05, 0) is 56.4 Å². The van der Waals surface area contributed by atoms with E-state index in [9.17, 15) is 4.79 Å². The van der Waals surface area contributed by atoms with Crippen LogP contribution in [0.2, 0.25) is 0 Å². The summed E-state index contributed by atoms with van der Waals surface area (Å²) in [5.41, 5.74) is 3.63. The van der Waals surface area contributed by atoms with Gasteiger partial charge in [-0.15, -0.1) is 0 Å². The van der Waals surface area contributed by atoms with Gasteiger partial charge in [0.15, 0.2) is 0 Å². The van der Waals surface area contributed by atoms with Gasteiger partial charge in [-0.3, -0.25) is 4.79 Å². The molecule has 1 aromatic carbocycles. The van der Waals surface area contributed by atoms with E-state index in [1.165, 1.54) is 6.33 Å². The number of carbonyl (C=O) groups excluding carboxylic acids is 1. The molecule has 1 N–H and O–H groups in total. The standard InChI is InChI=1S/C21H24BrN5O2/c1-14-18(15(2)27-20(25-14)23-13-24-27)6-7-19(28)26-21(8-10-29-11-9-21)16-4-3-5-17(22)12-16/h3-5,12-13H,6-11H2,1-2H3,(H,26,28). The molecule has 8 heteroatoms. The number of amides is 1. The van der Waals surface area contributed by atoms with E-state index in [1.54, 1.807) is 4.52 Å². The Hall–Kier alpha value is -2.32. The fourth-order valence-corrected chi connectivity index (χ4v) is 4.48. The first-order chi connectivity index (χ1) is 14.0. The van der Waals surface area contributed by atoms with Gasteiger partial charge in [0.05, 0.1) is 5.54 Å². The van der Waals surface area contributed by atoms with Crippen LogP contribution in [0.15, 0.2) is 35.1 Å². The summed E-state index contributed by atoms with van der Waals surface area (Å²) in [6.07, 6.45) is 4.02. The second kappa shape index (κ2) is 8.20. The van der Waals surface area contributed by atoms with Crippen LogP contribution < -0.4 is 5.32 Å². The summed E-state index contributed by atoms with van der Waals surface area (Å²) >= 11 is 3.55. The van der Waals surface area contributed by atoms with E-state index in [-0.39, 0.29) is 5.91 Å². The Balaban J connectivity index is 1.52. The van der Waals surface area contributed by atoms with E-state index in [4.69, 9.17) is 4.74 Å². The SMILES string of the molecule is Cc1nc2ncnn2c(C)c1CCC(=O)NC1(c2cccc(Br)c2)CCOCC1. The van der Waals surface area contributed by atoms with Crippen LogP contribution in [0.25, 0.3) is 5.78 Å². The fraction of sp³-hybridized carbons (Fsp3) is 0.429. The molecule has 0 radical (unpaired) electrons. The van der Waals surface area contributed by atoms with Gasteiger partial charge in [0.25, 0.3) is 5.78 Å². The fourth-order valence-electron chi connectivity index (χ4n) is 4.08. The lowest BCUT2D eigenvalue weighted by molar-refractivity contribution is -0.124. The molecule has 2 aromatic heterocycles. The summed E-state index contributed by atoms with van der Waals surface area (Å²) in [6.45, 7) is 5.22. The van der Waals surface area contributed by atoms with Gasteiger partial charge >= 0.3 is 0 Å². The largest absolute Gasteiger partial charge is 0.381 e. The van der Waals surface area contributed by atoms with Crippen molar-refractivity contribution in [1.29, 1.82) is 0 Å². The molecule has 3 aromatic rings. The summed E-state index contributed by atoms with van der Waals surface area (Å²) in [5.74, 6) is 0.619. The Bertz CT molecular complexity index is 1040. The second-order valence-corrected chi connectivity index (χ2v) is 8.40. The zero-order valence-corrected chi connectivity index (χ0v) is 18.2. The van der Waals surface area contributed by atoms with Crippen molar-refractivity contribution in [3.05, 3.63) is 57.6 Å². The Labute approximate surface area is 178 Å². The first kappa shape index (κ1) is 20.0. The number of hydrogen-bond donors (Lipinski definition) is 1. The highest BCUT2D eigenvalue weighted by atomic mass is 79.9.